The summed E-state index contributed by atoms with van der Waals surface area (Å²) in [6.45, 7) is 1.08. The van der Waals surface area contributed by atoms with Crippen LogP contribution in [0.1, 0.15) is 44.0 Å². The van der Waals surface area contributed by atoms with E-state index in [-0.39, 0.29) is 0 Å². The van der Waals surface area contributed by atoms with Gasteiger partial charge in [0.2, 0.25) is 0 Å². The van der Waals surface area contributed by atoms with Crippen molar-refractivity contribution in [1.82, 2.24) is 5.32 Å². The molecule has 3 nitrogen and oxygen atoms in total. The van der Waals surface area contributed by atoms with Gasteiger partial charge in [0, 0.05) is 6.04 Å². The predicted molar refractivity (Wildman–Crippen MR) is 58.5 cm³/mol. The monoisotopic (exact) mass is 209 g/mol. The minimum absolute atomic E-state index is 0.438. The van der Waals surface area contributed by atoms with Crippen molar-refractivity contribution in [1.29, 1.82) is 0 Å². The minimum atomic E-state index is -0.462. The van der Waals surface area contributed by atoms with Gasteiger partial charge >= 0.3 is 0 Å². The van der Waals surface area contributed by atoms with Gasteiger partial charge in [-0.3, -0.25) is 0 Å². The fourth-order valence-electron chi connectivity index (χ4n) is 2.17. The summed E-state index contributed by atoms with van der Waals surface area (Å²) in [5.74, 6) is 0.682. The van der Waals surface area contributed by atoms with Gasteiger partial charge in [-0.1, -0.05) is 12.8 Å². The molecule has 0 unspecified atom stereocenters. The number of hydrogen-bond acceptors (Lipinski definition) is 3. The average molecular weight is 209 g/mol. The van der Waals surface area contributed by atoms with Crippen molar-refractivity contribution in [3.8, 4) is 0 Å². The third-order valence-corrected chi connectivity index (χ3v) is 3.04. The Morgan fingerprint density at radius 3 is 3.20 bits per heavy atom. The molecule has 0 aliphatic carbocycles. The lowest BCUT2D eigenvalue weighted by molar-refractivity contribution is 0.125. The Morgan fingerprint density at radius 2 is 2.40 bits per heavy atom. The van der Waals surface area contributed by atoms with E-state index in [2.05, 4.69) is 5.32 Å². The summed E-state index contributed by atoms with van der Waals surface area (Å²) < 4.78 is 5.19. The summed E-state index contributed by atoms with van der Waals surface area (Å²) in [5.41, 5.74) is 0. The molecule has 3 heteroatoms. The Labute approximate surface area is 90.5 Å². The van der Waals surface area contributed by atoms with E-state index in [1.165, 1.54) is 19.3 Å². The SMILES string of the molecule is O[C@@H](C[C@@H]1CCCCCN1)c1ccco1. The van der Waals surface area contributed by atoms with Crippen LogP contribution in [0.5, 0.6) is 0 Å². The minimum Gasteiger partial charge on any atom is -0.467 e. The van der Waals surface area contributed by atoms with Crippen molar-refractivity contribution < 1.29 is 9.52 Å². The molecule has 2 heterocycles. The van der Waals surface area contributed by atoms with E-state index in [1.54, 1.807) is 6.26 Å². The predicted octanol–water partition coefficient (Wildman–Crippen LogP) is 2.24. The van der Waals surface area contributed by atoms with Gasteiger partial charge in [-0.2, -0.15) is 0 Å². The van der Waals surface area contributed by atoms with Gasteiger partial charge in [0.1, 0.15) is 11.9 Å². The summed E-state index contributed by atoms with van der Waals surface area (Å²) in [7, 11) is 0. The van der Waals surface area contributed by atoms with Crippen LogP contribution in [0.25, 0.3) is 0 Å². The van der Waals surface area contributed by atoms with Crippen LogP contribution in [0.2, 0.25) is 0 Å². The molecule has 2 N–H and O–H groups in total. The third kappa shape index (κ3) is 3.08. The van der Waals surface area contributed by atoms with Crippen molar-refractivity contribution in [3.05, 3.63) is 24.2 Å². The maximum absolute atomic E-state index is 9.92. The van der Waals surface area contributed by atoms with Crippen molar-refractivity contribution >= 4 is 0 Å². The van der Waals surface area contributed by atoms with E-state index in [1.807, 2.05) is 12.1 Å². The van der Waals surface area contributed by atoms with E-state index in [0.29, 0.717) is 11.8 Å². The van der Waals surface area contributed by atoms with Gasteiger partial charge < -0.3 is 14.8 Å². The smallest absolute Gasteiger partial charge is 0.132 e. The molecule has 1 fully saturated rings. The van der Waals surface area contributed by atoms with E-state index in [9.17, 15) is 5.11 Å². The second kappa shape index (κ2) is 5.33. The van der Waals surface area contributed by atoms with Crippen LogP contribution in [0.15, 0.2) is 22.8 Å². The summed E-state index contributed by atoms with van der Waals surface area (Å²) in [6, 6.07) is 4.09. The van der Waals surface area contributed by atoms with Crippen molar-refractivity contribution in [2.24, 2.45) is 0 Å². The molecule has 2 atom stereocenters. The summed E-state index contributed by atoms with van der Waals surface area (Å²) in [4.78, 5) is 0. The molecule has 1 aliphatic heterocycles. The molecule has 1 aliphatic rings. The molecule has 1 aromatic heterocycles. The highest BCUT2D eigenvalue weighted by atomic mass is 16.4. The molecule has 84 valence electrons. The fourth-order valence-corrected chi connectivity index (χ4v) is 2.17. The van der Waals surface area contributed by atoms with Crippen LogP contribution < -0.4 is 5.32 Å². The first-order chi connectivity index (χ1) is 7.36. The summed E-state index contributed by atoms with van der Waals surface area (Å²) in [5, 5.41) is 13.4. The number of furan rings is 1. The number of aliphatic hydroxyl groups is 1. The maximum Gasteiger partial charge on any atom is 0.132 e. The Hall–Kier alpha value is -0.800. The zero-order chi connectivity index (χ0) is 10.5. The second-order valence-corrected chi connectivity index (χ2v) is 4.27. The number of rotatable bonds is 3. The standard InChI is InChI=1S/C12H19NO2/c14-11(12-6-4-8-15-12)9-10-5-2-1-3-7-13-10/h4,6,8,10-11,13-14H,1-3,5,7,9H2/t10-,11-/m0/s1. The molecule has 0 saturated carbocycles. The highest BCUT2D eigenvalue weighted by Crippen LogP contribution is 2.22. The third-order valence-electron chi connectivity index (χ3n) is 3.04. The van der Waals surface area contributed by atoms with Gasteiger partial charge in [0.25, 0.3) is 0 Å². The molecule has 1 saturated heterocycles. The summed E-state index contributed by atoms with van der Waals surface area (Å²) >= 11 is 0. The Morgan fingerprint density at radius 1 is 1.47 bits per heavy atom. The average Bonchev–Trinajstić information content (AvgIpc) is 2.65. The van der Waals surface area contributed by atoms with Crippen LogP contribution >= 0.6 is 0 Å². The van der Waals surface area contributed by atoms with Crippen molar-refractivity contribution in [3.63, 3.8) is 0 Å². The molecule has 1 aromatic rings. The molecule has 0 aromatic carbocycles. The highest BCUT2D eigenvalue weighted by Gasteiger charge is 2.18. The van der Waals surface area contributed by atoms with Crippen LogP contribution in [-0.4, -0.2) is 17.7 Å². The Bertz CT molecular complexity index is 263. The molecule has 0 amide bonds. The number of nitrogens with one attached hydrogen (secondary N) is 1. The lowest BCUT2D eigenvalue weighted by atomic mass is 10.0. The first-order valence-corrected chi connectivity index (χ1v) is 5.81. The van der Waals surface area contributed by atoms with Gasteiger partial charge in [-0.25, -0.2) is 0 Å². The molecule has 0 radical (unpaired) electrons. The normalized spacial score (nSPS) is 24.7. The van der Waals surface area contributed by atoms with Crippen molar-refractivity contribution in [2.45, 2.75) is 44.2 Å². The summed E-state index contributed by atoms with van der Waals surface area (Å²) in [6.07, 6.45) is 6.90. The van der Waals surface area contributed by atoms with Gasteiger partial charge in [-0.05, 0) is 37.9 Å². The van der Waals surface area contributed by atoms with Crippen LogP contribution in [0.3, 0.4) is 0 Å². The van der Waals surface area contributed by atoms with Crippen LogP contribution in [0.4, 0.5) is 0 Å². The first kappa shape index (κ1) is 10.7. The van der Waals surface area contributed by atoms with Crippen LogP contribution in [0, 0.1) is 0 Å². The molecular formula is C12H19NO2. The van der Waals surface area contributed by atoms with E-state index >= 15 is 0 Å². The van der Waals surface area contributed by atoms with Gasteiger partial charge in [0.05, 0.1) is 6.26 Å². The maximum atomic E-state index is 9.92. The molecular weight excluding hydrogens is 190 g/mol. The lowest BCUT2D eigenvalue weighted by Gasteiger charge is -2.18. The zero-order valence-electron chi connectivity index (χ0n) is 8.98. The quantitative estimate of drug-likeness (QED) is 0.802. The second-order valence-electron chi connectivity index (χ2n) is 4.27. The largest absolute Gasteiger partial charge is 0.467 e. The highest BCUT2D eigenvalue weighted by molar-refractivity contribution is 5.02. The zero-order valence-corrected chi connectivity index (χ0v) is 8.98. The van der Waals surface area contributed by atoms with E-state index in [4.69, 9.17) is 4.42 Å². The topological polar surface area (TPSA) is 45.4 Å². The number of hydrogen-bond donors (Lipinski definition) is 2. The number of aliphatic hydroxyl groups excluding tert-OH is 1. The van der Waals surface area contributed by atoms with E-state index in [0.717, 1.165) is 19.4 Å². The molecule has 15 heavy (non-hydrogen) atoms. The first-order valence-electron chi connectivity index (χ1n) is 5.81. The van der Waals surface area contributed by atoms with E-state index < -0.39 is 6.10 Å². The molecule has 0 spiro atoms. The molecule has 2 rings (SSSR count). The van der Waals surface area contributed by atoms with Gasteiger partial charge in [0.15, 0.2) is 0 Å². The lowest BCUT2D eigenvalue weighted by Crippen LogP contribution is -2.29. The fraction of sp³-hybridized carbons (Fsp3) is 0.667. The van der Waals surface area contributed by atoms with Gasteiger partial charge in [-0.15, -0.1) is 0 Å². The van der Waals surface area contributed by atoms with Crippen LogP contribution in [-0.2, 0) is 0 Å². The van der Waals surface area contributed by atoms with Crippen molar-refractivity contribution in [2.75, 3.05) is 6.54 Å². The molecule has 0 bridgehead atoms. The Kier molecular flexibility index (Phi) is 3.80. The Balaban J connectivity index is 1.84.